The Balaban J connectivity index is 1.82. The van der Waals surface area contributed by atoms with Crippen molar-refractivity contribution in [3.63, 3.8) is 0 Å². The predicted molar refractivity (Wildman–Crippen MR) is 108 cm³/mol. The molecule has 0 aliphatic carbocycles. The van der Waals surface area contributed by atoms with Crippen molar-refractivity contribution in [2.75, 3.05) is 13.2 Å². The number of carbonyl (C=O) groups is 1. The fourth-order valence-electron chi connectivity index (χ4n) is 3.08. The summed E-state index contributed by atoms with van der Waals surface area (Å²) in [6, 6.07) is 12.9. The highest BCUT2D eigenvalue weighted by molar-refractivity contribution is 5.94. The van der Waals surface area contributed by atoms with Crippen molar-refractivity contribution < 1.29 is 14.6 Å². The Labute approximate surface area is 166 Å². The van der Waals surface area contributed by atoms with Gasteiger partial charge in [-0.2, -0.15) is 0 Å². The van der Waals surface area contributed by atoms with Gasteiger partial charge in [0, 0.05) is 30.5 Å². The quantitative estimate of drug-likeness (QED) is 0.813. The molecule has 1 fully saturated rings. The van der Waals surface area contributed by atoms with Crippen LogP contribution in [0.5, 0.6) is 0 Å². The zero-order chi connectivity index (χ0) is 20.0. The van der Waals surface area contributed by atoms with Gasteiger partial charge >= 0.3 is 0 Å². The largest absolute Gasteiger partial charge is 0.378 e. The second-order valence-corrected chi connectivity index (χ2v) is 7.53. The summed E-state index contributed by atoms with van der Waals surface area (Å²) in [5.74, 6) is 5.64. The SMILES string of the molecule is CC(C)(O)C#Cc1cccc(C(=O)N(Cc2ccccn2)CC2CCCO2)c1. The fraction of sp³-hybridized carbons (Fsp3) is 0.391. The number of amides is 1. The minimum atomic E-state index is -1.08. The first kappa shape index (κ1) is 20.1. The normalized spacial score (nSPS) is 16.3. The number of benzene rings is 1. The van der Waals surface area contributed by atoms with E-state index >= 15 is 0 Å². The van der Waals surface area contributed by atoms with Gasteiger partial charge in [-0.1, -0.05) is 24.0 Å². The van der Waals surface area contributed by atoms with Crippen LogP contribution in [0.15, 0.2) is 48.7 Å². The fourth-order valence-corrected chi connectivity index (χ4v) is 3.08. The van der Waals surface area contributed by atoms with Gasteiger partial charge in [-0.25, -0.2) is 0 Å². The maximum atomic E-state index is 13.2. The van der Waals surface area contributed by atoms with Gasteiger partial charge in [0.25, 0.3) is 5.91 Å². The molecule has 1 N–H and O–H groups in total. The van der Waals surface area contributed by atoms with Crippen LogP contribution in [0.3, 0.4) is 0 Å². The number of nitrogens with zero attached hydrogens (tertiary/aromatic N) is 2. The lowest BCUT2D eigenvalue weighted by molar-refractivity contribution is 0.0504. The van der Waals surface area contributed by atoms with Crippen LogP contribution in [0.25, 0.3) is 0 Å². The molecule has 1 atom stereocenters. The minimum absolute atomic E-state index is 0.0609. The molecule has 2 heterocycles. The van der Waals surface area contributed by atoms with Crippen LogP contribution in [-0.2, 0) is 11.3 Å². The molecule has 1 aromatic heterocycles. The van der Waals surface area contributed by atoms with Crippen molar-refractivity contribution in [3.05, 3.63) is 65.5 Å². The number of pyridine rings is 1. The average Bonchev–Trinajstić information content (AvgIpc) is 3.19. The molecule has 2 aromatic rings. The summed E-state index contributed by atoms with van der Waals surface area (Å²) >= 11 is 0. The Morgan fingerprint density at radius 3 is 2.86 bits per heavy atom. The van der Waals surface area contributed by atoms with Crippen LogP contribution in [-0.4, -0.2) is 45.8 Å². The summed E-state index contributed by atoms with van der Waals surface area (Å²) in [5.41, 5.74) is 1.02. The number of carbonyl (C=O) groups excluding carboxylic acids is 1. The number of hydrogen-bond acceptors (Lipinski definition) is 4. The van der Waals surface area contributed by atoms with Crippen LogP contribution in [0, 0.1) is 11.8 Å². The third kappa shape index (κ3) is 5.91. The van der Waals surface area contributed by atoms with Gasteiger partial charge in [0.2, 0.25) is 0 Å². The Morgan fingerprint density at radius 1 is 1.32 bits per heavy atom. The van der Waals surface area contributed by atoms with E-state index in [-0.39, 0.29) is 12.0 Å². The summed E-state index contributed by atoms with van der Waals surface area (Å²) in [7, 11) is 0. The summed E-state index contributed by atoms with van der Waals surface area (Å²) in [6.07, 6.45) is 3.78. The zero-order valence-corrected chi connectivity index (χ0v) is 16.4. The van der Waals surface area contributed by atoms with E-state index in [1.807, 2.05) is 30.3 Å². The Kier molecular flexibility index (Phi) is 6.45. The number of ether oxygens (including phenoxy) is 1. The van der Waals surface area contributed by atoms with Crippen LogP contribution < -0.4 is 0 Å². The van der Waals surface area contributed by atoms with E-state index in [9.17, 15) is 9.90 Å². The minimum Gasteiger partial charge on any atom is -0.378 e. The van der Waals surface area contributed by atoms with Crippen LogP contribution in [0.2, 0.25) is 0 Å². The van der Waals surface area contributed by atoms with Crippen molar-refractivity contribution in [2.24, 2.45) is 0 Å². The van der Waals surface area contributed by atoms with Crippen molar-refractivity contribution in [2.45, 2.75) is 44.9 Å². The molecule has 1 saturated heterocycles. The number of rotatable bonds is 5. The van der Waals surface area contributed by atoms with Crippen molar-refractivity contribution in [1.82, 2.24) is 9.88 Å². The third-order valence-electron chi connectivity index (χ3n) is 4.44. The molecule has 5 nitrogen and oxygen atoms in total. The van der Waals surface area contributed by atoms with Gasteiger partial charge in [0.1, 0.15) is 5.60 Å². The third-order valence-corrected chi connectivity index (χ3v) is 4.44. The van der Waals surface area contributed by atoms with Crippen molar-refractivity contribution >= 4 is 5.91 Å². The second-order valence-electron chi connectivity index (χ2n) is 7.53. The van der Waals surface area contributed by atoms with E-state index in [1.54, 1.807) is 37.1 Å². The molecule has 28 heavy (non-hydrogen) atoms. The van der Waals surface area contributed by atoms with Crippen LogP contribution in [0.1, 0.15) is 48.3 Å². The predicted octanol–water partition coefficient (Wildman–Crippen LogP) is 3.03. The van der Waals surface area contributed by atoms with Crippen LogP contribution in [0.4, 0.5) is 0 Å². The van der Waals surface area contributed by atoms with Gasteiger partial charge in [0.15, 0.2) is 0 Å². The lowest BCUT2D eigenvalue weighted by atomic mass is 10.1. The topological polar surface area (TPSA) is 62.7 Å². The molecule has 0 saturated carbocycles. The van der Waals surface area contributed by atoms with E-state index in [2.05, 4.69) is 16.8 Å². The molecule has 3 rings (SSSR count). The number of hydrogen-bond donors (Lipinski definition) is 1. The smallest absolute Gasteiger partial charge is 0.254 e. The van der Waals surface area contributed by atoms with E-state index in [4.69, 9.17) is 4.74 Å². The molecule has 0 radical (unpaired) electrons. The van der Waals surface area contributed by atoms with Crippen LogP contribution >= 0.6 is 0 Å². The van der Waals surface area contributed by atoms with Crippen molar-refractivity contribution in [3.8, 4) is 11.8 Å². The van der Waals surface area contributed by atoms with Gasteiger partial charge in [-0.3, -0.25) is 9.78 Å². The summed E-state index contributed by atoms with van der Waals surface area (Å²) < 4.78 is 5.74. The summed E-state index contributed by atoms with van der Waals surface area (Å²) in [5, 5.41) is 9.80. The zero-order valence-electron chi connectivity index (χ0n) is 16.4. The molecule has 0 spiro atoms. The molecule has 146 valence electrons. The Morgan fingerprint density at radius 2 is 2.18 bits per heavy atom. The van der Waals surface area contributed by atoms with Gasteiger partial charge in [0.05, 0.1) is 18.3 Å². The molecule has 1 aromatic carbocycles. The summed E-state index contributed by atoms with van der Waals surface area (Å²) in [6.45, 7) is 4.97. The van der Waals surface area contributed by atoms with E-state index in [0.29, 0.717) is 24.2 Å². The second kappa shape index (κ2) is 9.01. The number of aliphatic hydroxyl groups is 1. The highest BCUT2D eigenvalue weighted by Gasteiger charge is 2.24. The Bertz CT molecular complexity index is 857. The summed E-state index contributed by atoms with van der Waals surface area (Å²) in [4.78, 5) is 19.4. The molecule has 1 unspecified atom stereocenters. The maximum Gasteiger partial charge on any atom is 0.254 e. The molecule has 1 aliphatic rings. The van der Waals surface area contributed by atoms with Gasteiger partial charge < -0.3 is 14.7 Å². The highest BCUT2D eigenvalue weighted by atomic mass is 16.5. The maximum absolute atomic E-state index is 13.2. The van der Waals surface area contributed by atoms with Gasteiger partial charge in [-0.15, -0.1) is 0 Å². The van der Waals surface area contributed by atoms with Gasteiger partial charge in [-0.05, 0) is 57.0 Å². The standard InChI is InChI=1S/C23H26N2O3/c1-23(2,27)12-11-18-7-5-8-19(15-18)22(26)25(17-21-10-6-14-28-21)16-20-9-3-4-13-24-20/h3-5,7-9,13,15,21,27H,6,10,14,16-17H2,1-2H3. The first-order valence-electron chi connectivity index (χ1n) is 9.57. The molecular formula is C23H26N2O3. The van der Waals surface area contributed by atoms with E-state index in [0.717, 1.165) is 25.1 Å². The molecule has 0 bridgehead atoms. The molecule has 5 heteroatoms. The lowest BCUT2D eigenvalue weighted by Gasteiger charge is -2.25. The van der Waals surface area contributed by atoms with Crippen molar-refractivity contribution in [1.29, 1.82) is 0 Å². The molecule has 1 aliphatic heterocycles. The highest BCUT2D eigenvalue weighted by Crippen LogP contribution is 2.17. The number of aromatic nitrogens is 1. The van der Waals surface area contributed by atoms with E-state index in [1.165, 1.54) is 0 Å². The lowest BCUT2D eigenvalue weighted by Crippen LogP contribution is -2.37. The Hall–Kier alpha value is -2.68. The molecule has 1 amide bonds. The first-order chi connectivity index (χ1) is 13.4. The molecular weight excluding hydrogens is 352 g/mol. The van der Waals surface area contributed by atoms with E-state index < -0.39 is 5.60 Å². The average molecular weight is 378 g/mol. The monoisotopic (exact) mass is 378 g/mol. The first-order valence-corrected chi connectivity index (χ1v) is 9.57.